The highest BCUT2D eigenvalue weighted by Crippen LogP contribution is 2.22. The molecule has 5 heteroatoms. The van der Waals surface area contributed by atoms with Crippen molar-refractivity contribution >= 4 is 28.8 Å². The molecule has 0 radical (unpaired) electrons. The van der Waals surface area contributed by atoms with Gasteiger partial charge in [-0.2, -0.15) is 0 Å². The molecule has 0 bridgehead atoms. The summed E-state index contributed by atoms with van der Waals surface area (Å²) in [6, 6.07) is 1.80. The SMILES string of the molecule is CCc1[nH]c2ncc(Cl)cc2c1C=NO. The van der Waals surface area contributed by atoms with Crippen molar-refractivity contribution in [1.29, 1.82) is 0 Å². The summed E-state index contributed by atoms with van der Waals surface area (Å²) in [5.74, 6) is 0. The molecule has 78 valence electrons. The molecule has 2 aromatic rings. The second-order valence-corrected chi connectivity index (χ2v) is 3.60. The third-order valence-electron chi connectivity index (χ3n) is 2.28. The van der Waals surface area contributed by atoms with Crippen LogP contribution in [-0.4, -0.2) is 21.4 Å². The monoisotopic (exact) mass is 223 g/mol. The third-order valence-corrected chi connectivity index (χ3v) is 2.49. The average Bonchev–Trinajstić information content (AvgIpc) is 2.57. The Balaban J connectivity index is 2.76. The van der Waals surface area contributed by atoms with Crippen molar-refractivity contribution in [2.24, 2.45) is 5.16 Å². The van der Waals surface area contributed by atoms with E-state index in [1.165, 1.54) is 6.21 Å². The first-order chi connectivity index (χ1) is 7.26. The number of halogens is 1. The minimum atomic E-state index is 0.566. The van der Waals surface area contributed by atoms with E-state index in [0.717, 1.165) is 28.7 Å². The number of pyridine rings is 1. The fourth-order valence-corrected chi connectivity index (χ4v) is 1.76. The normalized spacial score (nSPS) is 11.6. The van der Waals surface area contributed by atoms with Gasteiger partial charge in [-0.25, -0.2) is 4.98 Å². The molecule has 0 aromatic carbocycles. The van der Waals surface area contributed by atoms with Crippen LogP contribution in [0.4, 0.5) is 0 Å². The van der Waals surface area contributed by atoms with Crippen LogP contribution in [-0.2, 0) is 6.42 Å². The lowest BCUT2D eigenvalue weighted by Crippen LogP contribution is -1.87. The maximum Gasteiger partial charge on any atom is 0.138 e. The number of rotatable bonds is 2. The van der Waals surface area contributed by atoms with Gasteiger partial charge in [0.25, 0.3) is 0 Å². The van der Waals surface area contributed by atoms with E-state index >= 15 is 0 Å². The van der Waals surface area contributed by atoms with Crippen LogP contribution in [0.2, 0.25) is 5.02 Å². The van der Waals surface area contributed by atoms with Gasteiger partial charge < -0.3 is 10.2 Å². The highest BCUT2D eigenvalue weighted by molar-refractivity contribution is 6.31. The number of fused-ring (bicyclic) bond motifs is 1. The van der Waals surface area contributed by atoms with Gasteiger partial charge in [0.15, 0.2) is 0 Å². The van der Waals surface area contributed by atoms with Crippen LogP contribution < -0.4 is 0 Å². The van der Waals surface area contributed by atoms with Crippen molar-refractivity contribution in [2.75, 3.05) is 0 Å². The van der Waals surface area contributed by atoms with Gasteiger partial charge in [0.05, 0.1) is 11.2 Å². The summed E-state index contributed by atoms with van der Waals surface area (Å²) in [6.45, 7) is 2.01. The Kier molecular flexibility index (Phi) is 2.60. The fourth-order valence-electron chi connectivity index (χ4n) is 1.60. The van der Waals surface area contributed by atoms with Gasteiger partial charge in [0, 0.05) is 22.8 Å². The molecule has 0 saturated carbocycles. The lowest BCUT2D eigenvalue weighted by atomic mass is 10.1. The molecule has 0 atom stereocenters. The van der Waals surface area contributed by atoms with Gasteiger partial charge in [0.1, 0.15) is 5.65 Å². The molecule has 15 heavy (non-hydrogen) atoms. The Hall–Kier alpha value is -1.55. The molecule has 0 spiro atoms. The first kappa shape index (κ1) is 9.98. The maximum absolute atomic E-state index is 8.59. The molecule has 2 N–H and O–H groups in total. The number of hydrogen-bond acceptors (Lipinski definition) is 3. The van der Waals surface area contributed by atoms with Crippen LogP contribution in [0.1, 0.15) is 18.2 Å². The summed E-state index contributed by atoms with van der Waals surface area (Å²) >= 11 is 5.86. The number of aromatic nitrogens is 2. The zero-order chi connectivity index (χ0) is 10.8. The molecule has 0 aliphatic heterocycles. The largest absolute Gasteiger partial charge is 0.411 e. The average molecular weight is 224 g/mol. The molecule has 0 aliphatic rings. The van der Waals surface area contributed by atoms with Crippen LogP contribution in [0.5, 0.6) is 0 Å². The van der Waals surface area contributed by atoms with Crippen LogP contribution in [0.3, 0.4) is 0 Å². The van der Waals surface area contributed by atoms with E-state index in [2.05, 4.69) is 15.1 Å². The van der Waals surface area contributed by atoms with E-state index in [1.807, 2.05) is 6.92 Å². The van der Waals surface area contributed by atoms with Crippen LogP contribution in [0.25, 0.3) is 11.0 Å². The molecule has 2 rings (SSSR count). The summed E-state index contributed by atoms with van der Waals surface area (Å²) in [6.07, 6.45) is 3.80. The van der Waals surface area contributed by atoms with Gasteiger partial charge >= 0.3 is 0 Å². The Morgan fingerprint density at radius 2 is 2.47 bits per heavy atom. The van der Waals surface area contributed by atoms with E-state index in [4.69, 9.17) is 16.8 Å². The van der Waals surface area contributed by atoms with E-state index in [-0.39, 0.29) is 0 Å². The number of hydrogen-bond donors (Lipinski definition) is 2. The predicted octanol–water partition coefficient (Wildman–Crippen LogP) is 2.59. The molecule has 0 aliphatic carbocycles. The molecule has 0 saturated heterocycles. The quantitative estimate of drug-likeness (QED) is 0.467. The third kappa shape index (κ3) is 1.68. The summed E-state index contributed by atoms with van der Waals surface area (Å²) < 4.78 is 0. The van der Waals surface area contributed by atoms with Gasteiger partial charge in [-0.3, -0.25) is 0 Å². The van der Waals surface area contributed by atoms with E-state index in [9.17, 15) is 0 Å². The fraction of sp³-hybridized carbons (Fsp3) is 0.200. The van der Waals surface area contributed by atoms with Gasteiger partial charge in [0.2, 0.25) is 0 Å². The summed E-state index contributed by atoms with van der Waals surface area (Å²) in [5, 5.41) is 13.1. The Morgan fingerprint density at radius 3 is 3.13 bits per heavy atom. The van der Waals surface area contributed by atoms with Crippen molar-refractivity contribution in [2.45, 2.75) is 13.3 Å². The Bertz CT molecular complexity index is 519. The number of H-pyrrole nitrogens is 1. The zero-order valence-electron chi connectivity index (χ0n) is 8.16. The zero-order valence-corrected chi connectivity index (χ0v) is 8.91. The molecule has 0 unspecified atom stereocenters. The Morgan fingerprint density at radius 1 is 1.67 bits per heavy atom. The van der Waals surface area contributed by atoms with Crippen molar-refractivity contribution in [3.05, 3.63) is 28.5 Å². The summed E-state index contributed by atoms with van der Waals surface area (Å²) in [7, 11) is 0. The smallest absolute Gasteiger partial charge is 0.138 e. The van der Waals surface area contributed by atoms with Crippen LogP contribution in [0, 0.1) is 0 Å². The molecule has 0 fully saturated rings. The second kappa shape index (κ2) is 3.90. The summed E-state index contributed by atoms with van der Waals surface area (Å²) in [4.78, 5) is 7.32. The van der Waals surface area contributed by atoms with Crippen LogP contribution in [0.15, 0.2) is 17.4 Å². The number of nitrogens with one attached hydrogen (secondary N) is 1. The summed E-state index contributed by atoms with van der Waals surface area (Å²) in [5.41, 5.74) is 2.58. The number of oxime groups is 1. The number of aryl methyl sites for hydroxylation is 1. The van der Waals surface area contributed by atoms with Crippen molar-refractivity contribution < 1.29 is 5.21 Å². The first-order valence-electron chi connectivity index (χ1n) is 4.59. The molecular weight excluding hydrogens is 214 g/mol. The highest BCUT2D eigenvalue weighted by Gasteiger charge is 2.09. The molecule has 4 nitrogen and oxygen atoms in total. The molecule has 2 heterocycles. The lowest BCUT2D eigenvalue weighted by Gasteiger charge is -1.93. The van der Waals surface area contributed by atoms with Crippen molar-refractivity contribution in [3.8, 4) is 0 Å². The van der Waals surface area contributed by atoms with Gasteiger partial charge in [-0.1, -0.05) is 23.7 Å². The second-order valence-electron chi connectivity index (χ2n) is 3.17. The highest BCUT2D eigenvalue weighted by atomic mass is 35.5. The standard InChI is InChI=1S/C10H10ClN3O/c1-2-9-8(5-13-15)7-3-6(11)4-12-10(7)14-9/h3-5,15H,2H2,1H3,(H,12,14). The Labute approximate surface area is 91.6 Å². The van der Waals surface area contributed by atoms with E-state index < -0.39 is 0 Å². The maximum atomic E-state index is 8.59. The van der Waals surface area contributed by atoms with E-state index in [0.29, 0.717) is 5.02 Å². The van der Waals surface area contributed by atoms with Crippen LogP contribution >= 0.6 is 11.6 Å². The number of aromatic amines is 1. The van der Waals surface area contributed by atoms with Crippen molar-refractivity contribution in [3.63, 3.8) is 0 Å². The van der Waals surface area contributed by atoms with Crippen molar-refractivity contribution in [1.82, 2.24) is 9.97 Å². The minimum Gasteiger partial charge on any atom is -0.411 e. The topological polar surface area (TPSA) is 61.3 Å². The molecular formula is C10H10ClN3O. The molecule has 0 amide bonds. The minimum absolute atomic E-state index is 0.566. The predicted molar refractivity (Wildman–Crippen MR) is 59.9 cm³/mol. The number of nitrogens with zero attached hydrogens (tertiary/aromatic N) is 2. The first-order valence-corrected chi connectivity index (χ1v) is 4.97. The van der Waals surface area contributed by atoms with Gasteiger partial charge in [-0.15, -0.1) is 0 Å². The van der Waals surface area contributed by atoms with E-state index in [1.54, 1.807) is 12.3 Å². The lowest BCUT2D eigenvalue weighted by molar-refractivity contribution is 0.322. The molecule has 2 aromatic heterocycles. The van der Waals surface area contributed by atoms with Gasteiger partial charge in [-0.05, 0) is 12.5 Å².